The standard InChI is InChI=1S/C17H16N2O/c1-2-7-15(18)12-8-3-4-9-13(12)17-14-10-5-6-11-16(14)20-19-17/h2-6,8-11,15H,1,7,18H2/t15-/m0/s1. The number of hydrogen-bond acceptors (Lipinski definition) is 3. The van der Waals surface area contributed by atoms with Gasteiger partial charge in [0.25, 0.3) is 0 Å². The number of benzene rings is 2. The highest BCUT2D eigenvalue weighted by Gasteiger charge is 2.16. The van der Waals surface area contributed by atoms with E-state index in [0.29, 0.717) is 0 Å². The summed E-state index contributed by atoms with van der Waals surface area (Å²) in [6.07, 6.45) is 2.56. The molecule has 1 aromatic heterocycles. The molecule has 0 saturated carbocycles. The molecule has 2 N–H and O–H groups in total. The van der Waals surface area contributed by atoms with Crippen LogP contribution in [0.2, 0.25) is 0 Å². The third-order valence-corrected chi connectivity index (χ3v) is 3.41. The topological polar surface area (TPSA) is 52.0 Å². The van der Waals surface area contributed by atoms with Gasteiger partial charge in [0.15, 0.2) is 5.58 Å². The molecule has 0 radical (unpaired) electrons. The van der Waals surface area contributed by atoms with E-state index in [2.05, 4.69) is 11.7 Å². The van der Waals surface area contributed by atoms with E-state index in [1.165, 1.54) is 0 Å². The number of fused-ring (bicyclic) bond motifs is 1. The summed E-state index contributed by atoms with van der Waals surface area (Å²) in [5.41, 5.74) is 9.94. The Balaban J connectivity index is 2.17. The lowest BCUT2D eigenvalue weighted by Crippen LogP contribution is -2.10. The minimum Gasteiger partial charge on any atom is -0.356 e. The molecule has 1 atom stereocenters. The van der Waals surface area contributed by atoms with Crippen molar-refractivity contribution in [1.29, 1.82) is 0 Å². The van der Waals surface area contributed by atoms with E-state index < -0.39 is 0 Å². The van der Waals surface area contributed by atoms with Crippen molar-refractivity contribution in [1.82, 2.24) is 5.16 Å². The molecule has 0 saturated heterocycles. The van der Waals surface area contributed by atoms with Gasteiger partial charge in [-0.25, -0.2) is 0 Å². The quantitative estimate of drug-likeness (QED) is 0.723. The number of nitrogens with zero attached hydrogens (tertiary/aromatic N) is 1. The zero-order valence-corrected chi connectivity index (χ0v) is 11.1. The molecular weight excluding hydrogens is 248 g/mol. The molecule has 3 heteroatoms. The van der Waals surface area contributed by atoms with Crippen LogP contribution in [0, 0.1) is 0 Å². The summed E-state index contributed by atoms with van der Waals surface area (Å²) >= 11 is 0. The summed E-state index contributed by atoms with van der Waals surface area (Å²) < 4.78 is 5.39. The summed E-state index contributed by atoms with van der Waals surface area (Å²) in [5.74, 6) is 0. The maximum absolute atomic E-state index is 6.23. The van der Waals surface area contributed by atoms with E-state index in [0.717, 1.165) is 34.2 Å². The third kappa shape index (κ3) is 2.12. The van der Waals surface area contributed by atoms with Gasteiger partial charge >= 0.3 is 0 Å². The van der Waals surface area contributed by atoms with Crippen LogP contribution in [0.25, 0.3) is 22.2 Å². The fourth-order valence-electron chi connectivity index (χ4n) is 2.42. The van der Waals surface area contributed by atoms with Crippen LogP contribution in [-0.2, 0) is 0 Å². The summed E-state index contributed by atoms with van der Waals surface area (Å²) in [5, 5.41) is 5.22. The summed E-state index contributed by atoms with van der Waals surface area (Å²) in [7, 11) is 0. The lowest BCUT2D eigenvalue weighted by Gasteiger charge is -2.13. The van der Waals surface area contributed by atoms with Crippen LogP contribution in [0.15, 0.2) is 65.7 Å². The summed E-state index contributed by atoms with van der Waals surface area (Å²) in [6.45, 7) is 3.75. The van der Waals surface area contributed by atoms with Gasteiger partial charge in [-0.2, -0.15) is 0 Å². The van der Waals surface area contributed by atoms with Crippen LogP contribution in [0.4, 0.5) is 0 Å². The third-order valence-electron chi connectivity index (χ3n) is 3.41. The van der Waals surface area contributed by atoms with E-state index in [9.17, 15) is 0 Å². The Hall–Kier alpha value is -2.39. The van der Waals surface area contributed by atoms with Gasteiger partial charge < -0.3 is 10.3 Å². The predicted octanol–water partition coefficient (Wildman–Crippen LogP) is 4.07. The van der Waals surface area contributed by atoms with Crippen LogP contribution in [0.3, 0.4) is 0 Å². The molecule has 0 aliphatic rings. The van der Waals surface area contributed by atoms with Crippen molar-refractivity contribution in [2.45, 2.75) is 12.5 Å². The van der Waals surface area contributed by atoms with Crippen LogP contribution in [-0.4, -0.2) is 5.16 Å². The second-order valence-electron chi connectivity index (χ2n) is 4.75. The predicted molar refractivity (Wildman–Crippen MR) is 81.2 cm³/mol. The van der Waals surface area contributed by atoms with Crippen LogP contribution in [0.1, 0.15) is 18.0 Å². The monoisotopic (exact) mass is 264 g/mol. The van der Waals surface area contributed by atoms with Crippen molar-refractivity contribution < 1.29 is 4.52 Å². The molecule has 0 bridgehead atoms. The van der Waals surface area contributed by atoms with Gasteiger partial charge in [-0.3, -0.25) is 0 Å². The SMILES string of the molecule is C=CC[C@H](N)c1ccccc1-c1noc2ccccc12. The van der Waals surface area contributed by atoms with Crippen molar-refractivity contribution in [3.8, 4) is 11.3 Å². The maximum Gasteiger partial charge on any atom is 0.167 e. The average Bonchev–Trinajstić information content (AvgIpc) is 2.91. The lowest BCUT2D eigenvalue weighted by molar-refractivity contribution is 0.459. The molecule has 0 amide bonds. The highest BCUT2D eigenvalue weighted by molar-refractivity contribution is 5.92. The van der Waals surface area contributed by atoms with Crippen LogP contribution >= 0.6 is 0 Å². The second kappa shape index (κ2) is 5.31. The van der Waals surface area contributed by atoms with Crippen molar-refractivity contribution in [3.63, 3.8) is 0 Å². The van der Waals surface area contributed by atoms with Gasteiger partial charge in [0.05, 0.1) is 0 Å². The average molecular weight is 264 g/mol. The first kappa shape index (κ1) is 12.6. The molecule has 0 unspecified atom stereocenters. The first-order chi connectivity index (χ1) is 9.81. The van der Waals surface area contributed by atoms with Gasteiger partial charge in [0.1, 0.15) is 5.69 Å². The molecule has 2 aromatic carbocycles. The Kier molecular flexibility index (Phi) is 3.35. The summed E-state index contributed by atoms with van der Waals surface area (Å²) in [6, 6.07) is 15.8. The van der Waals surface area contributed by atoms with Crippen molar-refractivity contribution in [2.75, 3.05) is 0 Å². The van der Waals surface area contributed by atoms with Gasteiger partial charge in [0, 0.05) is 17.0 Å². The second-order valence-corrected chi connectivity index (χ2v) is 4.75. The summed E-state index contributed by atoms with van der Waals surface area (Å²) in [4.78, 5) is 0. The fourth-order valence-corrected chi connectivity index (χ4v) is 2.42. The smallest absolute Gasteiger partial charge is 0.167 e. The largest absolute Gasteiger partial charge is 0.356 e. The van der Waals surface area contributed by atoms with Crippen molar-refractivity contribution >= 4 is 11.0 Å². The highest BCUT2D eigenvalue weighted by atomic mass is 16.5. The first-order valence-electron chi connectivity index (χ1n) is 6.61. The molecule has 100 valence electrons. The van der Waals surface area contributed by atoms with Gasteiger partial charge in [-0.15, -0.1) is 6.58 Å². The Labute approximate surface area is 117 Å². The number of hydrogen-bond donors (Lipinski definition) is 1. The molecule has 0 fully saturated rings. The Morgan fingerprint density at radius 1 is 1.15 bits per heavy atom. The Bertz CT molecular complexity index is 745. The molecule has 1 heterocycles. The Morgan fingerprint density at radius 3 is 2.75 bits per heavy atom. The molecular formula is C17H16N2O. The molecule has 3 rings (SSSR count). The molecule has 3 aromatic rings. The number of rotatable bonds is 4. The van der Waals surface area contributed by atoms with Crippen LogP contribution < -0.4 is 5.73 Å². The van der Waals surface area contributed by atoms with Gasteiger partial charge in [-0.1, -0.05) is 47.6 Å². The lowest BCUT2D eigenvalue weighted by atomic mass is 9.95. The van der Waals surface area contributed by atoms with E-state index >= 15 is 0 Å². The number of para-hydroxylation sites is 1. The van der Waals surface area contributed by atoms with Gasteiger partial charge in [0.2, 0.25) is 0 Å². The first-order valence-corrected chi connectivity index (χ1v) is 6.61. The zero-order chi connectivity index (χ0) is 13.9. The van der Waals surface area contributed by atoms with E-state index in [1.54, 1.807) is 0 Å². The van der Waals surface area contributed by atoms with E-state index in [4.69, 9.17) is 10.3 Å². The molecule has 0 aliphatic carbocycles. The zero-order valence-electron chi connectivity index (χ0n) is 11.1. The minimum atomic E-state index is -0.0841. The van der Waals surface area contributed by atoms with E-state index in [-0.39, 0.29) is 6.04 Å². The van der Waals surface area contributed by atoms with Crippen molar-refractivity contribution in [3.05, 3.63) is 66.7 Å². The van der Waals surface area contributed by atoms with Crippen LogP contribution in [0.5, 0.6) is 0 Å². The molecule has 0 spiro atoms. The molecule has 0 aliphatic heterocycles. The maximum atomic E-state index is 6.23. The van der Waals surface area contributed by atoms with Gasteiger partial charge in [-0.05, 0) is 24.1 Å². The highest BCUT2D eigenvalue weighted by Crippen LogP contribution is 2.33. The number of nitrogens with two attached hydrogens (primary N) is 1. The normalized spacial score (nSPS) is 12.4. The van der Waals surface area contributed by atoms with Crippen molar-refractivity contribution in [2.24, 2.45) is 5.73 Å². The fraction of sp³-hybridized carbons (Fsp3) is 0.118. The molecule has 20 heavy (non-hydrogen) atoms. The van der Waals surface area contributed by atoms with E-state index in [1.807, 2.05) is 54.6 Å². The molecule has 3 nitrogen and oxygen atoms in total. The Morgan fingerprint density at radius 2 is 1.90 bits per heavy atom. The minimum absolute atomic E-state index is 0.0841. The number of aromatic nitrogens is 1.